The Morgan fingerprint density at radius 3 is 2.78 bits per heavy atom. The average Bonchev–Trinajstić information content (AvgIpc) is 3.26. The van der Waals surface area contributed by atoms with Crippen molar-refractivity contribution in [3.05, 3.63) is 51.8 Å². The highest BCUT2D eigenvalue weighted by Gasteiger charge is 2.17. The number of halogens is 2. The summed E-state index contributed by atoms with van der Waals surface area (Å²) in [7, 11) is 0. The number of carbonyl (C=O) groups is 1. The van der Waals surface area contributed by atoms with E-state index in [0.29, 0.717) is 0 Å². The highest BCUT2D eigenvalue weighted by molar-refractivity contribution is 6.33. The van der Waals surface area contributed by atoms with Crippen LogP contribution in [0.5, 0.6) is 0 Å². The fraction of sp³-hybridized carbons (Fsp3) is 0.294. The molecule has 10 heteroatoms. The van der Waals surface area contributed by atoms with E-state index in [1.54, 1.807) is 12.3 Å². The molecule has 2 aromatic heterocycles. The molecule has 0 aliphatic carbocycles. The molecule has 0 unspecified atom stereocenters. The van der Waals surface area contributed by atoms with E-state index in [0.717, 1.165) is 42.5 Å². The lowest BCUT2D eigenvalue weighted by Gasteiger charge is -2.15. The van der Waals surface area contributed by atoms with Crippen molar-refractivity contribution in [3.63, 3.8) is 0 Å². The summed E-state index contributed by atoms with van der Waals surface area (Å²) in [5.41, 5.74) is -0.208. The van der Waals surface area contributed by atoms with Crippen molar-refractivity contribution in [3.8, 4) is 0 Å². The van der Waals surface area contributed by atoms with E-state index in [-0.39, 0.29) is 23.0 Å². The highest BCUT2D eigenvalue weighted by atomic mass is 35.5. The number of nitrogens with zero attached hydrogens (tertiary/aromatic N) is 5. The number of anilines is 2. The molecule has 140 valence electrons. The second-order valence-electron chi connectivity index (χ2n) is 6.26. The van der Waals surface area contributed by atoms with Crippen LogP contribution in [-0.2, 0) is 11.3 Å². The van der Waals surface area contributed by atoms with Gasteiger partial charge in [0.2, 0.25) is 5.91 Å². The summed E-state index contributed by atoms with van der Waals surface area (Å²) in [6.07, 6.45) is 3.83. The van der Waals surface area contributed by atoms with Crippen LogP contribution in [-0.4, -0.2) is 38.2 Å². The summed E-state index contributed by atoms with van der Waals surface area (Å²) in [6.45, 7) is 1.54. The van der Waals surface area contributed by atoms with E-state index in [9.17, 15) is 14.0 Å². The Kier molecular flexibility index (Phi) is 4.53. The predicted molar refractivity (Wildman–Crippen MR) is 98.7 cm³/mol. The van der Waals surface area contributed by atoms with Crippen LogP contribution in [0.2, 0.25) is 5.02 Å². The maximum Gasteiger partial charge on any atom is 0.352 e. The number of benzene rings is 1. The van der Waals surface area contributed by atoms with Gasteiger partial charge in [-0.1, -0.05) is 11.6 Å². The van der Waals surface area contributed by atoms with Gasteiger partial charge < -0.3 is 10.2 Å². The topological polar surface area (TPSA) is 84.5 Å². The summed E-state index contributed by atoms with van der Waals surface area (Å²) < 4.78 is 15.4. The van der Waals surface area contributed by atoms with Crippen LogP contribution in [0.4, 0.5) is 15.9 Å². The third-order valence-corrected chi connectivity index (χ3v) is 4.68. The van der Waals surface area contributed by atoms with Crippen molar-refractivity contribution < 1.29 is 9.18 Å². The third-order valence-electron chi connectivity index (χ3n) is 4.37. The zero-order chi connectivity index (χ0) is 19.0. The smallest absolute Gasteiger partial charge is 0.352 e. The van der Waals surface area contributed by atoms with Crippen molar-refractivity contribution in [2.45, 2.75) is 19.4 Å². The number of hydrogen-bond donors (Lipinski definition) is 1. The molecule has 0 spiro atoms. The molecule has 0 bridgehead atoms. The molecule has 0 atom stereocenters. The summed E-state index contributed by atoms with van der Waals surface area (Å²) in [6, 6.07) is 5.40. The zero-order valence-electron chi connectivity index (χ0n) is 14.2. The lowest BCUT2D eigenvalue weighted by Crippen LogP contribution is -2.28. The van der Waals surface area contributed by atoms with E-state index in [4.69, 9.17) is 11.6 Å². The molecule has 0 radical (unpaired) electrons. The van der Waals surface area contributed by atoms with Gasteiger partial charge >= 0.3 is 5.69 Å². The van der Waals surface area contributed by atoms with Gasteiger partial charge in [0.1, 0.15) is 18.2 Å². The summed E-state index contributed by atoms with van der Waals surface area (Å²) >= 11 is 5.89. The molecule has 4 rings (SSSR count). The first-order valence-electron chi connectivity index (χ1n) is 8.47. The number of carbonyl (C=O) groups excluding carboxylic acids is 1. The van der Waals surface area contributed by atoms with Gasteiger partial charge in [-0.15, -0.1) is 5.10 Å². The minimum Gasteiger partial charge on any atom is -0.356 e. The maximum atomic E-state index is 13.1. The number of fused-ring (bicyclic) bond motifs is 1. The van der Waals surface area contributed by atoms with Crippen LogP contribution in [0.15, 0.2) is 35.3 Å². The standard InChI is InChI=1S/C17H16ClFN6O2/c18-12-9-11(19)3-4-13(12)20-15(26)10-25-17(27)24-8-5-14(21-16(24)22-25)23-6-1-2-7-23/h3-5,8-9H,1-2,6-7,10H2,(H,20,26). The molecular formula is C17H16ClFN6O2. The number of hydrogen-bond acceptors (Lipinski definition) is 5. The second kappa shape index (κ2) is 6.99. The molecule has 1 amide bonds. The molecule has 1 N–H and O–H groups in total. The van der Waals surface area contributed by atoms with Gasteiger partial charge in [-0.05, 0) is 37.1 Å². The fourth-order valence-electron chi connectivity index (χ4n) is 3.04. The van der Waals surface area contributed by atoms with E-state index in [1.807, 2.05) is 0 Å². The molecular weight excluding hydrogens is 375 g/mol. The Balaban J connectivity index is 1.55. The van der Waals surface area contributed by atoms with Crippen LogP contribution in [0, 0.1) is 5.82 Å². The molecule has 0 saturated carbocycles. The van der Waals surface area contributed by atoms with E-state index in [1.165, 1.54) is 16.5 Å². The molecule has 8 nitrogen and oxygen atoms in total. The van der Waals surface area contributed by atoms with Crippen molar-refractivity contribution in [2.24, 2.45) is 0 Å². The minimum absolute atomic E-state index is 0.0719. The van der Waals surface area contributed by atoms with Crippen LogP contribution >= 0.6 is 11.6 Å². The van der Waals surface area contributed by atoms with Gasteiger partial charge in [0.25, 0.3) is 5.78 Å². The second-order valence-corrected chi connectivity index (χ2v) is 6.67. The molecule has 3 aromatic rings. The van der Waals surface area contributed by atoms with Crippen molar-refractivity contribution in [1.29, 1.82) is 0 Å². The Morgan fingerprint density at radius 1 is 1.26 bits per heavy atom. The monoisotopic (exact) mass is 390 g/mol. The highest BCUT2D eigenvalue weighted by Crippen LogP contribution is 2.22. The number of aromatic nitrogens is 4. The van der Waals surface area contributed by atoms with Gasteiger partial charge in [0.15, 0.2) is 0 Å². The lowest BCUT2D eigenvalue weighted by molar-refractivity contribution is -0.117. The molecule has 27 heavy (non-hydrogen) atoms. The molecule has 1 saturated heterocycles. The average molecular weight is 391 g/mol. The van der Waals surface area contributed by atoms with Gasteiger partial charge in [0.05, 0.1) is 10.7 Å². The third kappa shape index (κ3) is 3.50. The first kappa shape index (κ1) is 17.5. The maximum absolute atomic E-state index is 13.1. The van der Waals surface area contributed by atoms with Crippen LogP contribution < -0.4 is 15.9 Å². The molecule has 1 aliphatic heterocycles. The Morgan fingerprint density at radius 2 is 2.04 bits per heavy atom. The number of rotatable bonds is 4. The minimum atomic E-state index is -0.506. The largest absolute Gasteiger partial charge is 0.356 e. The molecule has 1 aliphatic rings. The van der Waals surface area contributed by atoms with Crippen LogP contribution in [0.1, 0.15) is 12.8 Å². The summed E-state index contributed by atoms with van der Waals surface area (Å²) in [5, 5.41) is 6.75. The molecule has 1 fully saturated rings. The van der Waals surface area contributed by atoms with Crippen molar-refractivity contribution >= 4 is 34.8 Å². The van der Waals surface area contributed by atoms with Gasteiger partial charge in [-0.25, -0.2) is 18.3 Å². The normalized spacial score (nSPS) is 14.1. The number of amides is 1. The first-order valence-corrected chi connectivity index (χ1v) is 8.85. The first-order chi connectivity index (χ1) is 13.0. The summed E-state index contributed by atoms with van der Waals surface area (Å²) in [5.74, 6) is -0.0139. The summed E-state index contributed by atoms with van der Waals surface area (Å²) in [4.78, 5) is 31.2. The van der Waals surface area contributed by atoms with Gasteiger partial charge in [0, 0.05) is 19.3 Å². The van der Waals surface area contributed by atoms with Crippen LogP contribution in [0.3, 0.4) is 0 Å². The lowest BCUT2D eigenvalue weighted by atomic mass is 10.3. The van der Waals surface area contributed by atoms with E-state index >= 15 is 0 Å². The van der Waals surface area contributed by atoms with Crippen molar-refractivity contribution in [2.75, 3.05) is 23.3 Å². The van der Waals surface area contributed by atoms with Gasteiger partial charge in [-0.2, -0.15) is 4.98 Å². The zero-order valence-corrected chi connectivity index (χ0v) is 15.0. The quantitative estimate of drug-likeness (QED) is 0.735. The molecule has 1 aromatic carbocycles. The molecule has 3 heterocycles. The SMILES string of the molecule is O=C(Cn1nc2nc(N3CCCC3)ccn2c1=O)Nc1ccc(F)cc1Cl. The van der Waals surface area contributed by atoms with Crippen LogP contribution in [0.25, 0.3) is 5.78 Å². The Hall–Kier alpha value is -2.94. The Labute approximate surface area is 158 Å². The Bertz CT molecular complexity index is 1070. The van der Waals surface area contributed by atoms with Crippen molar-refractivity contribution in [1.82, 2.24) is 19.2 Å². The predicted octanol–water partition coefficient (Wildman–Crippen LogP) is 1.92. The van der Waals surface area contributed by atoms with E-state index in [2.05, 4.69) is 20.3 Å². The number of nitrogens with one attached hydrogen (secondary N) is 1. The van der Waals surface area contributed by atoms with E-state index < -0.39 is 17.4 Å². The van der Waals surface area contributed by atoms with Gasteiger partial charge in [-0.3, -0.25) is 4.79 Å². The fourth-order valence-corrected chi connectivity index (χ4v) is 3.25.